The summed E-state index contributed by atoms with van der Waals surface area (Å²) in [5.41, 5.74) is 2.02. The molecule has 4 rings (SSSR count). The van der Waals surface area contributed by atoms with Crippen LogP contribution in [0.2, 0.25) is 5.02 Å². The Hall–Kier alpha value is -2.13. The van der Waals surface area contributed by atoms with Crippen LogP contribution in [0.1, 0.15) is 18.9 Å². The summed E-state index contributed by atoms with van der Waals surface area (Å²) in [6.07, 6.45) is 2.55. The molecule has 2 heterocycles. The molecule has 1 N–H and O–H groups in total. The van der Waals surface area contributed by atoms with Gasteiger partial charge in [0.25, 0.3) is 10.0 Å². The average Bonchev–Trinajstić information content (AvgIpc) is 3.38. The van der Waals surface area contributed by atoms with E-state index >= 15 is 0 Å². The zero-order valence-electron chi connectivity index (χ0n) is 17.5. The monoisotopic (exact) mass is 476 g/mol. The molecular weight excluding hydrogens is 452 g/mol. The zero-order valence-corrected chi connectivity index (χ0v) is 19.8. The quantitative estimate of drug-likeness (QED) is 0.535. The summed E-state index contributed by atoms with van der Waals surface area (Å²) in [5, 5.41) is 2.45. The van der Waals surface area contributed by atoms with E-state index in [4.69, 9.17) is 11.6 Å². The predicted molar refractivity (Wildman–Crippen MR) is 128 cm³/mol. The van der Waals surface area contributed by atoms with Crippen molar-refractivity contribution < 1.29 is 8.42 Å². The third kappa shape index (κ3) is 4.87. The van der Waals surface area contributed by atoms with Gasteiger partial charge in [0.2, 0.25) is 0 Å². The number of hydrogen-bond acceptors (Lipinski definition) is 6. The zero-order chi connectivity index (χ0) is 22.1. The second-order valence-electron chi connectivity index (χ2n) is 8.06. The van der Waals surface area contributed by atoms with Crippen LogP contribution in [0.25, 0.3) is 0 Å². The Bertz CT molecular complexity index is 1140. The highest BCUT2D eigenvalue weighted by atomic mass is 35.5. The number of rotatable bonds is 7. The molecule has 0 aliphatic carbocycles. The number of aromatic nitrogens is 1. The molecule has 0 radical (unpaired) electrons. The van der Waals surface area contributed by atoms with Crippen LogP contribution < -0.4 is 9.62 Å². The molecule has 1 unspecified atom stereocenters. The van der Waals surface area contributed by atoms with Crippen LogP contribution in [0, 0.1) is 0 Å². The number of hydrogen-bond donors (Lipinski definition) is 1. The fraction of sp³-hybridized carbons (Fsp3) is 0.318. The number of nitrogens with one attached hydrogen (secondary N) is 1. The standard InChI is InChI=1S/C22H25ClN4O2S2/c1-22(10-12-27(16-22)15-17-6-4-3-5-7-17)26(2)20-9-8-18(14-19(20)23)31(28,29)25-21-24-11-13-30-21/h3-9,11,13-14H,10,12,15-16H2,1-2H3,(H,24,25). The minimum atomic E-state index is -3.74. The number of anilines is 2. The van der Waals surface area contributed by atoms with Crippen molar-refractivity contribution in [2.24, 2.45) is 0 Å². The maximum atomic E-state index is 12.6. The lowest BCUT2D eigenvalue weighted by Gasteiger charge is -2.38. The molecule has 0 saturated carbocycles. The summed E-state index contributed by atoms with van der Waals surface area (Å²) in [6, 6.07) is 15.3. The minimum absolute atomic E-state index is 0.0993. The first-order valence-corrected chi connectivity index (χ1v) is 12.7. The van der Waals surface area contributed by atoms with Crippen molar-refractivity contribution in [2.45, 2.75) is 30.3 Å². The first-order chi connectivity index (χ1) is 14.8. The molecule has 2 aromatic carbocycles. The summed E-state index contributed by atoms with van der Waals surface area (Å²) in [4.78, 5) is 8.71. The van der Waals surface area contributed by atoms with Crippen LogP contribution in [0.4, 0.5) is 10.8 Å². The summed E-state index contributed by atoms with van der Waals surface area (Å²) in [5.74, 6) is 0. The summed E-state index contributed by atoms with van der Waals surface area (Å²) >= 11 is 7.78. The highest BCUT2D eigenvalue weighted by Gasteiger charge is 2.38. The molecule has 0 amide bonds. The van der Waals surface area contributed by atoms with Crippen LogP contribution in [0.5, 0.6) is 0 Å². The molecule has 0 bridgehead atoms. The third-order valence-corrected chi connectivity index (χ3v) is 8.29. The topological polar surface area (TPSA) is 65.5 Å². The molecular formula is C22H25ClN4O2S2. The van der Waals surface area contributed by atoms with E-state index in [1.165, 1.54) is 23.0 Å². The van der Waals surface area contributed by atoms with Crippen molar-refractivity contribution in [2.75, 3.05) is 29.8 Å². The van der Waals surface area contributed by atoms with E-state index in [0.29, 0.717) is 10.2 Å². The highest BCUT2D eigenvalue weighted by molar-refractivity contribution is 7.93. The van der Waals surface area contributed by atoms with Gasteiger partial charge in [-0.2, -0.15) is 0 Å². The molecule has 3 aromatic rings. The van der Waals surface area contributed by atoms with Crippen molar-refractivity contribution in [3.05, 3.63) is 70.7 Å². The normalized spacial score (nSPS) is 19.5. The maximum Gasteiger partial charge on any atom is 0.263 e. The first kappa shape index (κ1) is 22.1. The van der Waals surface area contributed by atoms with Crippen molar-refractivity contribution in [3.8, 4) is 0 Å². The van der Waals surface area contributed by atoms with Gasteiger partial charge in [-0.05, 0) is 37.1 Å². The largest absolute Gasteiger partial charge is 0.367 e. The number of halogens is 1. The Labute approximate surface area is 192 Å². The highest BCUT2D eigenvalue weighted by Crippen LogP contribution is 2.36. The Morgan fingerprint density at radius 3 is 2.71 bits per heavy atom. The van der Waals surface area contributed by atoms with Crippen molar-refractivity contribution in [3.63, 3.8) is 0 Å². The molecule has 1 saturated heterocycles. The van der Waals surface area contributed by atoms with Gasteiger partial charge in [-0.25, -0.2) is 13.4 Å². The van der Waals surface area contributed by atoms with E-state index in [9.17, 15) is 8.42 Å². The molecule has 31 heavy (non-hydrogen) atoms. The van der Waals surface area contributed by atoms with Crippen LogP contribution in [0.15, 0.2) is 65.0 Å². The number of nitrogens with zero attached hydrogens (tertiary/aromatic N) is 3. The summed E-state index contributed by atoms with van der Waals surface area (Å²) < 4.78 is 27.8. The van der Waals surface area contributed by atoms with Crippen molar-refractivity contribution in [1.82, 2.24) is 9.88 Å². The molecule has 1 aromatic heterocycles. The van der Waals surface area contributed by atoms with Crippen molar-refractivity contribution >= 4 is 43.8 Å². The van der Waals surface area contributed by atoms with Crippen LogP contribution in [-0.2, 0) is 16.6 Å². The SMILES string of the molecule is CN(c1ccc(S(=O)(=O)Nc2nccs2)cc1Cl)C1(C)CCN(Cc2ccccc2)C1. The van der Waals surface area contributed by atoms with Gasteiger partial charge in [0, 0.05) is 38.3 Å². The fourth-order valence-corrected chi connectivity index (χ4v) is 6.14. The first-order valence-electron chi connectivity index (χ1n) is 9.99. The van der Waals surface area contributed by atoms with Gasteiger partial charge in [0.05, 0.1) is 21.1 Å². The molecule has 164 valence electrons. The third-order valence-electron chi connectivity index (χ3n) is 5.83. The molecule has 0 spiro atoms. The lowest BCUT2D eigenvalue weighted by molar-refractivity contribution is 0.306. The smallest absolute Gasteiger partial charge is 0.263 e. The molecule has 6 nitrogen and oxygen atoms in total. The number of benzene rings is 2. The van der Waals surface area contributed by atoms with E-state index in [2.05, 4.69) is 50.7 Å². The lowest BCUT2D eigenvalue weighted by Crippen LogP contribution is -2.46. The number of likely N-dealkylation sites (tertiary alicyclic amines) is 1. The van der Waals surface area contributed by atoms with Gasteiger partial charge in [-0.1, -0.05) is 41.9 Å². The van der Waals surface area contributed by atoms with Gasteiger partial charge >= 0.3 is 0 Å². The molecule has 1 atom stereocenters. The van der Waals surface area contributed by atoms with Crippen LogP contribution >= 0.6 is 22.9 Å². The molecule has 1 aliphatic heterocycles. The molecule has 1 aliphatic rings. The van der Waals surface area contributed by atoms with Crippen LogP contribution in [0.3, 0.4) is 0 Å². The van der Waals surface area contributed by atoms with E-state index in [1.54, 1.807) is 23.7 Å². The van der Waals surface area contributed by atoms with Gasteiger partial charge in [-0.3, -0.25) is 9.62 Å². The van der Waals surface area contributed by atoms with Crippen molar-refractivity contribution in [1.29, 1.82) is 0 Å². The Balaban J connectivity index is 1.49. The van der Waals surface area contributed by atoms with E-state index in [-0.39, 0.29) is 10.4 Å². The second-order valence-corrected chi connectivity index (χ2v) is 11.0. The minimum Gasteiger partial charge on any atom is -0.367 e. The van der Waals surface area contributed by atoms with E-state index in [1.807, 2.05) is 13.1 Å². The second kappa shape index (κ2) is 8.78. The lowest BCUT2D eigenvalue weighted by atomic mass is 9.98. The van der Waals surface area contributed by atoms with E-state index in [0.717, 1.165) is 31.7 Å². The fourth-order valence-electron chi connectivity index (χ4n) is 3.95. The number of thiazole rings is 1. The van der Waals surface area contributed by atoms with E-state index < -0.39 is 10.0 Å². The Kier molecular flexibility index (Phi) is 6.25. The summed E-state index contributed by atoms with van der Waals surface area (Å²) in [7, 11) is -1.72. The van der Waals surface area contributed by atoms with Gasteiger partial charge < -0.3 is 4.90 Å². The summed E-state index contributed by atoms with van der Waals surface area (Å²) in [6.45, 7) is 5.04. The Morgan fingerprint density at radius 2 is 2.03 bits per heavy atom. The van der Waals surface area contributed by atoms with Gasteiger partial charge in [0.1, 0.15) is 0 Å². The maximum absolute atomic E-state index is 12.6. The predicted octanol–water partition coefficient (Wildman–Crippen LogP) is 4.70. The average molecular weight is 477 g/mol. The number of sulfonamides is 1. The molecule has 9 heteroatoms. The van der Waals surface area contributed by atoms with Crippen LogP contribution in [-0.4, -0.2) is 44.0 Å². The van der Waals surface area contributed by atoms with Gasteiger partial charge in [0.15, 0.2) is 5.13 Å². The molecule has 1 fully saturated rings. The van der Waals surface area contributed by atoms with Gasteiger partial charge in [-0.15, -0.1) is 11.3 Å². The Morgan fingerprint density at radius 1 is 1.26 bits per heavy atom. The number of likely N-dealkylation sites (N-methyl/N-ethyl adjacent to an activating group) is 1.